The first kappa shape index (κ1) is 11.1. The molecule has 0 spiro atoms. The lowest BCUT2D eigenvalue weighted by atomic mass is 10.0. The Bertz CT molecular complexity index is 291. The molecule has 0 aliphatic carbocycles. The van der Waals surface area contributed by atoms with Crippen LogP contribution >= 0.6 is 0 Å². The highest BCUT2D eigenvalue weighted by atomic mass is 19.3. The summed E-state index contributed by atoms with van der Waals surface area (Å²) >= 11 is 0. The summed E-state index contributed by atoms with van der Waals surface area (Å²) in [7, 11) is 0. The van der Waals surface area contributed by atoms with Gasteiger partial charge in [0.15, 0.2) is 0 Å². The Hall–Kier alpha value is -0.960. The fourth-order valence-corrected chi connectivity index (χ4v) is 1.23. The summed E-state index contributed by atoms with van der Waals surface area (Å²) in [6.45, 7) is 3.30. The third-order valence-electron chi connectivity index (χ3n) is 2.32. The largest absolute Gasteiger partial charge is 0.323 e. The van der Waals surface area contributed by atoms with Crippen molar-refractivity contribution >= 4 is 0 Å². The zero-order valence-electron chi connectivity index (χ0n) is 8.43. The topological polar surface area (TPSA) is 26.0 Å². The predicted molar refractivity (Wildman–Crippen MR) is 53.4 cm³/mol. The molecular weight excluding hydrogens is 184 g/mol. The minimum absolute atomic E-state index is 0.00954. The van der Waals surface area contributed by atoms with Crippen molar-refractivity contribution in [1.82, 2.24) is 0 Å². The molecule has 78 valence electrons. The second kappa shape index (κ2) is 4.05. The highest BCUT2D eigenvalue weighted by molar-refractivity contribution is 5.26. The van der Waals surface area contributed by atoms with Crippen LogP contribution < -0.4 is 5.73 Å². The maximum atomic E-state index is 13.4. The van der Waals surface area contributed by atoms with Gasteiger partial charge in [-0.2, -0.15) is 8.78 Å². The number of aryl methyl sites for hydroxylation is 1. The molecule has 1 unspecified atom stereocenters. The molecule has 1 nitrogen and oxygen atoms in total. The first-order chi connectivity index (χ1) is 6.48. The summed E-state index contributed by atoms with van der Waals surface area (Å²) in [5.74, 6) is -2.94. The number of benzene rings is 1. The predicted octanol–water partition coefficient (Wildman–Crippen LogP) is 2.69. The number of nitrogens with two attached hydrogens (primary N) is 1. The number of rotatable bonds is 3. The Morgan fingerprint density at radius 2 is 1.79 bits per heavy atom. The summed E-state index contributed by atoms with van der Waals surface area (Å²) in [4.78, 5) is 0. The number of halogens is 2. The summed E-state index contributed by atoms with van der Waals surface area (Å²) in [6.07, 6.45) is 0.851. The van der Waals surface area contributed by atoms with Crippen molar-refractivity contribution in [1.29, 1.82) is 0 Å². The Balaban J connectivity index is 2.97. The summed E-state index contributed by atoms with van der Waals surface area (Å²) in [5.41, 5.74) is 6.26. The van der Waals surface area contributed by atoms with Crippen molar-refractivity contribution in [2.45, 2.75) is 32.2 Å². The van der Waals surface area contributed by atoms with Crippen molar-refractivity contribution in [3.8, 4) is 0 Å². The lowest BCUT2D eigenvalue weighted by molar-refractivity contribution is -0.0256. The molecule has 14 heavy (non-hydrogen) atoms. The van der Waals surface area contributed by atoms with Crippen LogP contribution in [0.2, 0.25) is 0 Å². The van der Waals surface area contributed by atoms with E-state index in [0.29, 0.717) is 0 Å². The molecular formula is C11H15F2N. The molecule has 3 heteroatoms. The molecule has 0 aromatic heterocycles. The molecule has 0 fully saturated rings. The van der Waals surface area contributed by atoms with Crippen LogP contribution in [0.1, 0.15) is 25.0 Å². The standard InChI is InChI=1S/C11H15F2N/c1-3-9-4-6-10(7-5-9)11(12,13)8(2)14/h4-8H,3,14H2,1-2H3. The first-order valence-corrected chi connectivity index (χ1v) is 4.71. The van der Waals surface area contributed by atoms with E-state index < -0.39 is 12.0 Å². The van der Waals surface area contributed by atoms with E-state index in [1.54, 1.807) is 12.1 Å². The third-order valence-corrected chi connectivity index (χ3v) is 2.32. The fraction of sp³-hybridized carbons (Fsp3) is 0.455. The van der Waals surface area contributed by atoms with Crippen molar-refractivity contribution < 1.29 is 8.78 Å². The van der Waals surface area contributed by atoms with Crippen LogP contribution in [-0.2, 0) is 12.3 Å². The lowest BCUT2D eigenvalue weighted by Crippen LogP contribution is -2.35. The molecule has 0 radical (unpaired) electrons. The molecule has 1 atom stereocenters. The van der Waals surface area contributed by atoms with Gasteiger partial charge in [-0.25, -0.2) is 0 Å². The second-order valence-electron chi connectivity index (χ2n) is 3.46. The van der Waals surface area contributed by atoms with Crippen molar-refractivity contribution in [2.75, 3.05) is 0 Å². The van der Waals surface area contributed by atoms with Gasteiger partial charge in [0, 0.05) is 5.56 Å². The molecule has 1 aromatic carbocycles. The van der Waals surface area contributed by atoms with Gasteiger partial charge in [0.1, 0.15) is 0 Å². The van der Waals surface area contributed by atoms with E-state index in [0.717, 1.165) is 12.0 Å². The van der Waals surface area contributed by atoms with E-state index in [1.165, 1.54) is 19.1 Å². The van der Waals surface area contributed by atoms with Gasteiger partial charge in [-0.1, -0.05) is 31.2 Å². The van der Waals surface area contributed by atoms with Crippen molar-refractivity contribution in [3.05, 3.63) is 35.4 Å². The van der Waals surface area contributed by atoms with Gasteiger partial charge in [0.2, 0.25) is 0 Å². The van der Waals surface area contributed by atoms with E-state index >= 15 is 0 Å². The third kappa shape index (κ3) is 2.10. The average molecular weight is 199 g/mol. The van der Waals surface area contributed by atoms with Gasteiger partial charge in [-0.3, -0.25) is 0 Å². The van der Waals surface area contributed by atoms with E-state index in [1.807, 2.05) is 6.92 Å². The van der Waals surface area contributed by atoms with Gasteiger partial charge in [-0.15, -0.1) is 0 Å². The van der Waals surface area contributed by atoms with Crippen LogP contribution in [0.4, 0.5) is 8.78 Å². The maximum absolute atomic E-state index is 13.4. The molecule has 1 rings (SSSR count). The Kier molecular flexibility index (Phi) is 3.21. The summed E-state index contributed by atoms with van der Waals surface area (Å²) < 4.78 is 26.8. The molecule has 0 aliphatic rings. The first-order valence-electron chi connectivity index (χ1n) is 4.71. The highest BCUT2D eigenvalue weighted by Gasteiger charge is 2.35. The number of alkyl halides is 2. The van der Waals surface area contributed by atoms with Gasteiger partial charge < -0.3 is 5.73 Å². The van der Waals surface area contributed by atoms with Gasteiger partial charge in [0.05, 0.1) is 6.04 Å². The minimum atomic E-state index is -2.94. The van der Waals surface area contributed by atoms with E-state index in [-0.39, 0.29) is 5.56 Å². The average Bonchev–Trinajstić information content (AvgIpc) is 2.17. The SMILES string of the molecule is CCc1ccc(C(F)(F)C(C)N)cc1. The Morgan fingerprint density at radius 1 is 1.29 bits per heavy atom. The smallest absolute Gasteiger partial charge is 0.287 e. The van der Waals surface area contributed by atoms with E-state index in [4.69, 9.17) is 5.73 Å². The highest BCUT2D eigenvalue weighted by Crippen LogP contribution is 2.30. The number of hydrogen-bond acceptors (Lipinski definition) is 1. The molecule has 0 saturated heterocycles. The Labute approximate surface area is 82.9 Å². The molecule has 2 N–H and O–H groups in total. The van der Waals surface area contributed by atoms with Gasteiger partial charge in [-0.05, 0) is 18.9 Å². The quantitative estimate of drug-likeness (QED) is 0.795. The monoisotopic (exact) mass is 199 g/mol. The van der Waals surface area contributed by atoms with E-state index in [9.17, 15) is 8.78 Å². The van der Waals surface area contributed by atoms with Crippen molar-refractivity contribution in [3.63, 3.8) is 0 Å². The van der Waals surface area contributed by atoms with Crippen LogP contribution in [0.3, 0.4) is 0 Å². The molecule has 0 aliphatic heterocycles. The summed E-state index contributed by atoms with van der Waals surface area (Å²) in [5, 5.41) is 0. The van der Waals surface area contributed by atoms with Crippen LogP contribution in [0.25, 0.3) is 0 Å². The van der Waals surface area contributed by atoms with Crippen LogP contribution in [0, 0.1) is 0 Å². The molecule has 0 bridgehead atoms. The van der Waals surface area contributed by atoms with Crippen LogP contribution in [-0.4, -0.2) is 6.04 Å². The second-order valence-corrected chi connectivity index (χ2v) is 3.46. The maximum Gasteiger partial charge on any atom is 0.287 e. The zero-order valence-corrected chi connectivity index (χ0v) is 8.43. The molecule has 1 aromatic rings. The zero-order chi connectivity index (χ0) is 10.8. The normalized spacial score (nSPS) is 14.1. The van der Waals surface area contributed by atoms with Crippen molar-refractivity contribution in [2.24, 2.45) is 5.73 Å². The Morgan fingerprint density at radius 3 is 2.14 bits per heavy atom. The fourth-order valence-electron chi connectivity index (χ4n) is 1.23. The van der Waals surface area contributed by atoms with E-state index in [2.05, 4.69) is 0 Å². The van der Waals surface area contributed by atoms with Crippen LogP contribution in [0.15, 0.2) is 24.3 Å². The minimum Gasteiger partial charge on any atom is -0.323 e. The molecule has 0 saturated carbocycles. The molecule has 0 heterocycles. The van der Waals surface area contributed by atoms with Gasteiger partial charge >= 0.3 is 0 Å². The van der Waals surface area contributed by atoms with Crippen LogP contribution in [0.5, 0.6) is 0 Å². The van der Waals surface area contributed by atoms with Gasteiger partial charge in [0.25, 0.3) is 5.92 Å². The lowest BCUT2D eigenvalue weighted by Gasteiger charge is -2.20. The molecule has 0 amide bonds. The summed E-state index contributed by atoms with van der Waals surface area (Å²) in [6, 6.07) is 5.16. The number of hydrogen-bond donors (Lipinski definition) is 1.